The first-order valence-electron chi connectivity index (χ1n) is 11.1. The molecule has 0 unspecified atom stereocenters. The Bertz CT molecular complexity index is 1000. The minimum atomic E-state index is 0.140. The molecule has 2 fully saturated rings. The van der Waals surface area contributed by atoms with Crippen molar-refractivity contribution in [2.45, 2.75) is 38.5 Å². The molecule has 3 aromatic rings. The molecule has 0 radical (unpaired) electrons. The summed E-state index contributed by atoms with van der Waals surface area (Å²) in [5.74, 6) is 2.11. The average Bonchev–Trinajstić information content (AvgIpc) is 3.12. The predicted octanol–water partition coefficient (Wildman–Crippen LogP) is 3.41. The molecule has 2 aliphatic rings. The van der Waals surface area contributed by atoms with Crippen LogP contribution in [0, 0.1) is 5.92 Å². The molecule has 0 N–H and O–H groups in total. The number of piperidine rings is 1. The zero-order valence-electron chi connectivity index (χ0n) is 17.3. The van der Waals surface area contributed by atoms with E-state index >= 15 is 0 Å². The van der Waals surface area contributed by atoms with Gasteiger partial charge in [0.25, 0.3) is 5.78 Å². The number of aromatic nitrogens is 4. The Hall–Kier alpha value is -2.96. The molecule has 7 heteroatoms. The van der Waals surface area contributed by atoms with Gasteiger partial charge in [0.15, 0.2) is 0 Å². The molecule has 30 heavy (non-hydrogen) atoms. The molecule has 5 rings (SSSR count). The van der Waals surface area contributed by atoms with E-state index in [1.165, 1.54) is 12.8 Å². The number of fused-ring (bicyclic) bond motifs is 1. The number of hydrogen-bond donors (Lipinski definition) is 0. The van der Waals surface area contributed by atoms with Crippen molar-refractivity contribution < 1.29 is 4.79 Å². The van der Waals surface area contributed by atoms with Crippen molar-refractivity contribution in [1.82, 2.24) is 24.5 Å². The predicted molar refractivity (Wildman–Crippen MR) is 116 cm³/mol. The molecule has 0 spiro atoms. The fourth-order valence-electron chi connectivity index (χ4n) is 4.68. The molecular weight excluding hydrogens is 376 g/mol. The molecule has 2 aliphatic heterocycles. The lowest BCUT2D eigenvalue weighted by atomic mass is 9.95. The Kier molecular flexibility index (Phi) is 5.34. The van der Waals surface area contributed by atoms with Crippen LogP contribution in [0.25, 0.3) is 17.0 Å². The highest BCUT2D eigenvalue weighted by molar-refractivity contribution is 5.79. The van der Waals surface area contributed by atoms with Gasteiger partial charge in [-0.1, -0.05) is 43.2 Å². The van der Waals surface area contributed by atoms with Crippen molar-refractivity contribution in [3.63, 3.8) is 0 Å². The first-order valence-corrected chi connectivity index (χ1v) is 11.1. The van der Waals surface area contributed by atoms with E-state index in [9.17, 15) is 4.79 Å². The van der Waals surface area contributed by atoms with Gasteiger partial charge in [0.05, 0.1) is 5.69 Å². The second-order valence-electron chi connectivity index (χ2n) is 8.34. The highest BCUT2D eigenvalue weighted by Gasteiger charge is 2.30. The molecule has 2 aromatic heterocycles. The van der Waals surface area contributed by atoms with E-state index in [4.69, 9.17) is 0 Å². The number of likely N-dealkylation sites (tertiary alicyclic amines) is 1. The maximum atomic E-state index is 13.0. The van der Waals surface area contributed by atoms with Crippen molar-refractivity contribution in [2.24, 2.45) is 5.92 Å². The van der Waals surface area contributed by atoms with Gasteiger partial charge in [0, 0.05) is 43.7 Å². The minimum absolute atomic E-state index is 0.140. The molecule has 0 atom stereocenters. The summed E-state index contributed by atoms with van der Waals surface area (Å²) in [6.07, 6.45) is 8.12. The molecule has 1 aromatic carbocycles. The molecule has 7 nitrogen and oxygen atoms in total. The number of nitrogens with zero attached hydrogens (tertiary/aromatic N) is 6. The topological polar surface area (TPSA) is 66.6 Å². The van der Waals surface area contributed by atoms with Crippen LogP contribution in [-0.4, -0.2) is 56.6 Å². The number of amides is 1. The van der Waals surface area contributed by atoms with Crippen molar-refractivity contribution in [3.05, 3.63) is 42.7 Å². The van der Waals surface area contributed by atoms with Gasteiger partial charge in [-0.15, -0.1) is 0 Å². The summed E-state index contributed by atoms with van der Waals surface area (Å²) < 4.78 is 1.81. The van der Waals surface area contributed by atoms with Crippen molar-refractivity contribution >= 4 is 17.5 Å². The van der Waals surface area contributed by atoms with Gasteiger partial charge in [-0.2, -0.15) is 14.6 Å². The summed E-state index contributed by atoms with van der Waals surface area (Å²) in [6.45, 7) is 3.56. The summed E-state index contributed by atoms with van der Waals surface area (Å²) in [6, 6.07) is 12.3. The minimum Gasteiger partial charge on any atom is -0.356 e. The Morgan fingerprint density at radius 2 is 1.67 bits per heavy atom. The van der Waals surface area contributed by atoms with E-state index in [0.717, 1.165) is 68.9 Å². The molecule has 0 aliphatic carbocycles. The Labute approximate surface area is 176 Å². The number of carbonyl (C=O) groups excluding carboxylic acids is 1. The SMILES string of the molecule is O=C(C1CCN(c2cc(-c3ccccc3)nc3ncnn23)CC1)N1CCCCCC1. The highest BCUT2D eigenvalue weighted by atomic mass is 16.2. The van der Waals surface area contributed by atoms with Crippen LogP contribution in [-0.2, 0) is 4.79 Å². The van der Waals surface area contributed by atoms with Crippen LogP contribution in [0.3, 0.4) is 0 Å². The number of anilines is 1. The number of benzene rings is 1. The molecular formula is C23H28N6O. The zero-order valence-corrected chi connectivity index (χ0v) is 17.3. The van der Waals surface area contributed by atoms with Crippen molar-refractivity contribution in [1.29, 1.82) is 0 Å². The van der Waals surface area contributed by atoms with Gasteiger partial charge < -0.3 is 9.80 Å². The van der Waals surface area contributed by atoms with Crippen LogP contribution in [0.15, 0.2) is 42.7 Å². The summed E-state index contributed by atoms with van der Waals surface area (Å²) >= 11 is 0. The fourth-order valence-corrected chi connectivity index (χ4v) is 4.68. The monoisotopic (exact) mass is 404 g/mol. The Morgan fingerprint density at radius 1 is 0.933 bits per heavy atom. The largest absolute Gasteiger partial charge is 0.356 e. The number of rotatable bonds is 3. The lowest BCUT2D eigenvalue weighted by Gasteiger charge is -2.35. The lowest BCUT2D eigenvalue weighted by Crippen LogP contribution is -2.43. The fraction of sp³-hybridized carbons (Fsp3) is 0.478. The van der Waals surface area contributed by atoms with E-state index in [0.29, 0.717) is 11.7 Å². The van der Waals surface area contributed by atoms with Crippen molar-refractivity contribution in [3.8, 4) is 11.3 Å². The number of hydrogen-bond acceptors (Lipinski definition) is 5. The van der Waals surface area contributed by atoms with E-state index in [-0.39, 0.29) is 5.92 Å². The van der Waals surface area contributed by atoms with Gasteiger partial charge in [-0.3, -0.25) is 4.79 Å². The maximum absolute atomic E-state index is 13.0. The standard InChI is InChI=1S/C23H28N6O/c30-22(28-12-6-1-2-7-13-28)19-10-14-27(15-11-19)21-16-20(18-8-4-3-5-9-18)26-23-24-17-25-29(21)23/h3-5,8-9,16-17,19H,1-2,6-7,10-15H2. The maximum Gasteiger partial charge on any atom is 0.254 e. The summed E-state index contributed by atoms with van der Waals surface area (Å²) in [7, 11) is 0. The van der Waals surface area contributed by atoms with E-state index < -0.39 is 0 Å². The van der Waals surface area contributed by atoms with Crippen LogP contribution >= 0.6 is 0 Å². The molecule has 156 valence electrons. The first kappa shape index (κ1) is 19.0. The van der Waals surface area contributed by atoms with Crippen LogP contribution in [0.4, 0.5) is 5.82 Å². The van der Waals surface area contributed by atoms with Gasteiger partial charge in [0.2, 0.25) is 5.91 Å². The molecule has 4 heterocycles. The molecule has 0 saturated carbocycles. The average molecular weight is 405 g/mol. The van der Waals surface area contributed by atoms with Crippen molar-refractivity contribution in [2.75, 3.05) is 31.1 Å². The highest BCUT2D eigenvalue weighted by Crippen LogP contribution is 2.28. The third-order valence-electron chi connectivity index (χ3n) is 6.39. The van der Waals surface area contributed by atoms with Crippen LogP contribution < -0.4 is 4.90 Å². The molecule has 2 saturated heterocycles. The first-order chi connectivity index (χ1) is 14.8. The normalized spacial score (nSPS) is 18.5. The van der Waals surface area contributed by atoms with Crippen LogP contribution in [0.1, 0.15) is 38.5 Å². The molecule has 1 amide bonds. The van der Waals surface area contributed by atoms with E-state index in [1.54, 1.807) is 6.33 Å². The summed E-state index contributed by atoms with van der Waals surface area (Å²) in [5, 5.41) is 4.39. The lowest BCUT2D eigenvalue weighted by molar-refractivity contribution is -0.136. The van der Waals surface area contributed by atoms with Gasteiger partial charge in [0.1, 0.15) is 12.1 Å². The summed E-state index contributed by atoms with van der Waals surface area (Å²) in [4.78, 5) is 26.5. The van der Waals surface area contributed by atoms with Gasteiger partial charge in [-0.05, 0) is 25.7 Å². The van der Waals surface area contributed by atoms with E-state index in [1.807, 2.05) is 22.7 Å². The third-order valence-corrected chi connectivity index (χ3v) is 6.39. The second kappa shape index (κ2) is 8.42. The van der Waals surface area contributed by atoms with Gasteiger partial charge >= 0.3 is 0 Å². The summed E-state index contributed by atoms with van der Waals surface area (Å²) in [5.41, 5.74) is 1.96. The second-order valence-corrected chi connectivity index (χ2v) is 8.34. The zero-order chi connectivity index (χ0) is 20.3. The van der Waals surface area contributed by atoms with Crippen LogP contribution in [0.5, 0.6) is 0 Å². The quantitative estimate of drug-likeness (QED) is 0.669. The van der Waals surface area contributed by atoms with Gasteiger partial charge in [-0.25, -0.2) is 4.98 Å². The number of carbonyl (C=O) groups is 1. The van der Waals surface area contributed by atoms with E-state index in [2.05, 4.69) is 43.1 Å². The Morgan fingerprint density at radius 3 is 2.40 bits per heavy atom. The van der Waals surface area contributed by atoms with Crippen LogP contribution in [0.2, 0.25) is 0 Å². The third kappa shape index (κ3) is 3.76. The smallest absolute Gasteiger partial charge is 0.254 e. The Balaban J connectivity index is 1.34. The molecule has 0 bridgehead atoms.